The van der Waals surface area contributed by atoms with Gasteiger partial charge in [-0.25, -0.2) is 9.48 Å². The van der Waals surface area contributed by atoms with Gasteiger partial charge in [-0.15, -0.1) is 5.10 Å². The van der Waals surface area contributed by atoms with E-state index in [-0.39, 0.29) is 23.7 Å². The minimum atomic E-state index is -0.593. The van der Waals surface area contributed by atoms with Crippen LogP contribution in [0.15, 0.2) is 60.9 Å². The van der Waals surface area contributed by atoms with Crippen LogP contribution in [0.5, 0.6) is 5.75 Å². The summed E-state index contributed by atoms with van der Waals surface area (Å²) in [5.74, 6) is 0.245. The van der Waals surface area contributed by atoms with E-state index in [0.29, 0.717) is 32.6 Å². The molecular weight excluding hydrogens is 520 g/mol. The fourth-order valence-corrected chi connectivity index (χ4v) is 5.21. The molecule has 1 fully saturated rings. The summed E-state index contributed by atoms with van der Waals surface area (Å²) in [7, 11) is 0. The maximum Gasteiger partial charge on any atom is 0.410 e. The molecule has 2 aromatic heterocycles. The Bertz CT molecular complexity index is 1490. The topological polar surface area (TPSA) is 117 Å². The Morgan fingerprint density at radius 1 is 1.00 bits per heavy atom. The van der Waals surface area contributed by atoms with Gasteiger partial charge in [0.2, 0.25) is 5.91 Å². The zero-order valence-electron chi connectivity index (χ0n) is 24.1. The lowest BCUT2D eigenvalue weighted by atomic mass is 9.98. The van der Waals surface area contributed by atoms with Crippen molar-refractivity contribution >= 4 is 22.9 Å². The van der Waals surface area contributed by atoms with Gasteiger partial charge in [-0.05, 0) is 56.5 Å². The number of aromatic nitrogens is 4. The van der Waals surface area contributed by atoms with E-state index in [1.807, 2.05) is 68.4 Å². The van der Waals surface area contributed by atoms with E-state index in [2.05, 4.69) is 28.3 Å². The van der Waals surface area contributed by atoms with Crippen molar-refractivity contribution in [2.75, 3.05) is 26.2 Å². The van der Waals surface area contributed by atoms with Crippen molar-refractivity contribution in [1.29, 1.82) is 0 Å². The number of nitrogens with zero attached hydrogens (tertiary/aromatic N) is 5. The maximum atomic E-state index is 14.0. The van der Waals surface area contributed by atoms with Gasteiger partial charge < -0.3 is 24.6 Å². The standard InChI is InChI=1S/C31H38N6O4/c1-21(17-22-9-11-24(38)12-10-22)27-20-37(34-33-27)28(18-23-19-32-26-8-6-5-7-25(23)26)29(39)35-13-15-36(16-14-35)30(40)41-31(2,3)4/h5-12,19-21,28,32,38H,13-18H2,1-4H3/t21-,28-/m0/s1. The molecule has 216 valence electrons. The number of carbonyl (C=O) groups excluding carboxylic acids is 2. The normalized spacial score (nSPS) is 15.6. The molecule has 1 saturated heterocycles. The highest BCUT2D eigenvalue weighted by Gasteiger charge is 2.33. The van der Waals surface area contributed by atoms with Crippen LogP contribution >= 0.6 is 0 Å². The number of para-hydroxylation sites is 1. The van der Waals surface area contributed by atoms with E-state index in [9.17, 15) is 14.7 Å². The molecule has 2 amide bonds. The Balaban J connectivity index is 1.35. The van der Waals surface area contributed by atoms with Crippen molar-refractivity contribution in [3.05, 3.63) is 77.7 Å². The SMILES string of the molecule is C[C@@H](Cc1ccc(O)cc1)c1cn([C@@H](Cc2c[nH]c3ccccc23)C(=O)N2CCN(C(=O)OC(C)(C)C)CC2)nn1. The van der Waals surface area contributed by atoms with Crippen LogP contribution in [0.4, 0.5) is 4.79 Å². The van der Waals surface area contributed by atoms with Crippen LogP contribution in [-0.4, -0.2) is 78.7 Å². The monoisotopic (exact) mass is 558 g/mol. The maximum absolute atomic E-state index is 14.0. The third-order valence-electron chi connectivity index (χ3n) is 7.45. The number of hydrogen-bond acceptors (Lipinski definition) is 6. The fraction of sp³-hybridized carbons (Fsp3) is 0.419. The van der Waals surface area contributed by atoms with E-state index < -0.39 is 11.6 Å². The number of benzene rings is 2. The summed E-state index contributed by atoms with van der Waals surface area (Å²) in [6.45, 7) is 9.27. The molecular formula is C31H38N6O4. The molecule has 0 saturated carbocycles. The minimum absolute atomic E-state index is 0.0539. The number of piperazine rings is 1. The van der Waals surface area contributed by atoms with Gasteiger partial charge in [0.1, 0.15) is 17.4 Å². The third-order valence-corrected chi connectivity index (χ3v) is 7.45. The summed E-state index contributed by atoms with van der Waals surface area (Å²) in [5.41, 5.74) is 3.35. The molecule has 1 aliphatic rings. The first-order valence-electron chi connectivity index (χ1n) is 14.1. The van der Waals surface area contributed by atoms with Crippen molar-refractivity contribution in [3.63, 3.8) is 0 Å². The number of aromatic hydroxyl groups is 1. The molecule has 0 unspecified atom stereocenters. The van der Waals surface area contributed by atoms with Crippen LogP contribution in [0.25, 0.3) is 10.9 Å². The molecule has 4 aromatic rings. The van der Waals surface area contributed by atoms with E-state index in [1.165, 1.54) is 0 Å². The van der Waals surface area contributed by atoms with Crippen LogP contribution < -0.4 is 0 Å². The van der Waals surface area contributed by atoms with Gasteiger partial charge in [0.05, 0.1) is 5.69 Å². The van der Waals surface area contributed by atoms with Crippen LogP contribution in [0, 0.1) is 0 Å². The van der Waals surface area contributed by atoms with Gasteiger partial charge >= 0.3 is 6.09 Å². The molecule has 10 heteroatoms. The largest absolute Gasteiger partial charge is 0.508 e. The van der Waals surface area contributed by atoms with Crippen molar-refractivity contribution in [1.82, 2.24) is 29.8 Å². The zero-order valence-corrected chi connectivity index (χ0v) is 24.1. The van der Waals surface area contributed by atoms with Crippen molar-refractivity contribution in [2.45, 2.75) is 58.1 Å². The van der Waals surface area contributed by atoms with Crippen LogP contribution in [0.2, 0.25) is 0 Å². The molecule has 0 aliphatic carbocycles. The van der Waals surface area contributed by atoms with Crippen molar-refractivity contribution in [2.24, 2.45) is 0 Å². The number of carbonyl (C=O) groups is 2. The highest BCUT2D eigenvalue weighted by atomic mass is 16.6. The lowest BCUT2D eigenvalue weighted by Gasteiger charge is -2.37. The van der Waals surface area contributed by atoms with Crippen molar-refractivity contribution in [3.8, 4) is 5.75 Å². The molecule has 2 atom stereocenters. The minimum Gasteiger partial charge on any atom is -0.508 e. The van der Waals surface area contributed by atoms with Gasteiger partial charge in [0.25, 0.3) is 0 Å². The molecule has 0 bridgehead atoms. The Hall–Kier alpha value is -4.34. The lowest BCUT2D eigenvalue weighted by molar-refractivity contribution is -0.136. The molecule has 1 aliphatic heterocycles. The van der Waals surface area contributed by atoms with E-state index in [4.69, 9.17) is 4.74 Å². The van der Waals surface area contributed by atoms with Gasteiger partial charge in [-0.2, -0.15) is 0 Å². The van der Waals surface area contributed by atoms with E-state index in [0.717, 1.165) is 34.1 Å². The first-order valence-corrected chi connectivity index (χ1v) is 14.1. The molecule has 3 heterocycles. The summed E-state index contributed by atoms with van der Waals surface area (Å²) >= 11 is 0. The number of phenolic OH excluding ortho intramolecular Hbond substituents is 1. The predicted molar refractivity (Wildman–Crippen MR) is 156 cm³/mol. The van der Waals surface area contributed by atoms with Gasteiger partial charge in [0, 0.05) is 61.8 Å². The Labute approximate surface area is 239 Å². The summed E-state index contributed by atoms with van der Waals surface area (Å²) < 4.78 is 7.21. The average Bonchev–Trinajstić information content (AvgIpc) is 3.60. The van der Waals surface area contributed by atoms with Crippen LogP contribution in [-0.2, 0) is 22.4 Å². The second-order valence-corrected chi connectivity index (χ2v) is 11.8. The Kier molecular flexibility index (Phi) is 8.01. The number of hydrogen-bond donors (Lipinski definition) is 2. The molecule has 5 rings (SSSR count). The number of ether oxygens (including phenoxy) is 1. The zero-order chi connectivity index (χ0) is 29.1. The average molecular weight is 559 g/mol. The number of phenols is 1. The van der Waals surface area contributed by atoms with Crippen molar-refractivity contribution < 1.29 is 19.4 Å². The fourth-order valence-electron chi connectivity index (χ4n) is 5.21. The van der Waals surface area contributed by atoms with E-state index >= 15 is 0 Å². The second-order valence-electron chi connectivity index (χ2n) is 11.8. The number of fused-ring (bicyclic) bond motifs is 1. The molecule has 10 nitrogen and oxygen atoms in total. The summed E-state index contributed by atoms with van der Waals surface area (Å²) in [4.78, 5) is 33.4. The number of rotatable bonds is 7. The molecule has 2 aromatic carbocycles. The van der Waals surface area contributed by atoms with Gasteiger partial charge in [0.15, 0.2) is 0 Å². The quantitative estimate of drug-likeness (QED) is 0.340. The molecule has 41 heavy (non-hydrogen) atoms. The first kappa shape index (κ1) is 28.2. The van der Waals surface area contributed by atoms with Gasteiger partial charge in [-0.1, -0.05) is 42.5 Å². The number of H-pyrrole nitrogens is 1. The lowest BCUT2D eigenvalue weighted by Crippen LogP contribution is -2.53. The number of aromatic amines is 1. The molecule has 2 N–H and O–H groups in total. The third kappa shape index (κ3) is 6.70. The predicted octanol–water partition coefficient (Wildman–Crippen LogP) is 4.67. The Morgan fingerprint density at radius 2 is 1.68 bits per heavy atom. The smallest absolute Gasteiger partial charge is 0.410 e. The number of nitrogens with one attached hydrogen (secondary N) is 1. The van der Waals surface area contributed by atoms with E-state index in [1.54, 1.807) is 21.7 Å². The van der Waals surface area contributed by atoms with Crippen LogP contribution in [0.3, 0.4) is 0 Å². The summed E-state index contributed by atoms with van der Waals surface area (Å²) in [5, 5.41) is 19.6. The number of amides is 2. The first-order chi connectivity index (χ1) is 19.6. The second kappa shape index (κ2) is 11.6. The highest BCUT2D eigenvalue weighted by Crippen LogP contribution is 2.26. The van der Waals surface area contributed by atoms with Gasteiger partial charge in [-0.3, -0.25) is 4.79 Å². The summed E-state index contributed by atoms with van der Waals surface area (Å²) in [6.07, 6.45) is 4.65. The highest BCUT2D eigenvalue weighted by molar-refractivity contribution is 5.85. The van der Waals surface area contributed by atoms with Crippen LogP contribution in [0.1, 0.15) is 56.5 Å². The summed E-state index contributed by atoms with van der Waals surface area (Å²) in [6, 6.07) is 14.6. The molecule has 0 spiro atoms. The Morgan fingerprint density at radius 3 is 2.39 bits per heavy atom. The molecule has 0 radical (unpaired) electrons.